The lowest BCUT2D eigenvalue weighted by Gasteiger charge is -2.10. The Morgan fingerprint density at radius 2 is 1.16 bits per heavy atom. The molecule has 0 aliphatic heterocycles. The highest BCUT2D eigenvalue weighted by Gasteiger charge is 2.30. The second-order valence-corrected chi connectivity index (χ2v) is 4.01. The van der Waals surface area contributed by atoms with Crippen LogP contribution < -0.4 is 9.47 Å². The van der Waals surface area contributed by atoms with Crippen LogP contribution in [-0.4, -0.2) is 6.36 Å². The van der Waals surface area contributed by atoms with Crippen molar-refractivity contribution in [2.45, 2.75) is 6.36 Å². The third kappa shape index (κ3) is 4.37. The fourth-order valence-electron chi connectivity index (χ4n) is 1.35. The van der Waals surface area contributed by atoms with E-state index >= 15 is 0 Å². The molecule has 0 aliphatic rings. The van der Waals surface area contributed by atoms with E-state index in [1.807, 2.05) is 0 Å². The van der Waals surface area contributed by atoms with Gasteiger partial charge in [0, 0.05) is 5.02 Å². The fraction of sp³-hybridized carbons (Fsp3) is 0.0769. The third-order valence-corrected chi connectivity index (χ3v) is 2.36. The van der Waals surface area contributed by atoms with Crippen LogP contribution in [0.4, 0.5) is 13.2 Å². The van der Waals surface area contributed by atoms with E-state index in [2.05, 4.69) is 4.74 Å². The number of alkyl halides is 3. The normalized spacial score (nSPS) is 11.2. The summed E-state index contributed by atoms with van der Waals surface area (Å²) in [5.74, 6) is 0.640. The molecule has 0 aliphatic carbocycles. The first-order valence-electron chi connectivity index (χ1n) is 5.22. The van der Waals surface area contributed by atoms with E-state index < -0.39 is 6.36 Å². The van der Waals surface area contributed by atoms with Crippen molar-refractivity contribution in [1.29, 1.82) is 0 Å². The lowest BCUT2D eigenvalue weighted by Crippen LogP contribution is -2.16. The van der Waals surface area contributed by atoms with E-state index in [0.29, 0.717) is 16.5 Å². The van der Waals surface area contributed by atoms with Crippen LogP contribution >= 0.6 is 11.6 Å². The molecule has 0 saturated carbocycles. The minimum Gasteiger partial charge on any atom is -0.457 e. The van der Waals surface area contributed by atoms with Crippen molar-refractivity contribution in [3.63, 3.8) is 0 Å². The molecule has 2 nitrogen and oxygen atoms in total. The summed E-state index contributed by atoms with van der Waals surface area (Å²) >= 11 is 5.72. The molecular weight excluding hydrogens is 281 g/mol. The largest absolute Gasteiger partial charge is 0.573 e. The van der Waals surface area contributed by atoms with Crippen molar-refractivity contribution in [3.05, 3.63) is 53.6 Å². The minimum atomic E-state index is -4.70. The van der Waals surface area contributed by atoms with E-state index in [1.54, 1.807) is 24.3 Å². The van der Waals surface area contributed by atoms with Crippen molar-refractivity contribution in [3.8, 4) is 17.2 Å². The van der Waals surface area contributed by atoms with Crippen LogP contribution in [0.2, 0.25) is 5.02 Å². The molecule has 19 heavy (non-hydrogen) atoms. The summed E-state index contributed by atoms with van der Waals surface area (Å²) in [6.07, 6.45) is -4.70. The highest BCUT2D eigenvalue weighted by molar-refractivity contribution is 6.30. The van der Waals surface area contributed by atoms with E-state index in [4.69, 9.17) is 16.3 Å². The minimum absolute atomic E-state index is 0.295. The zero-order valence-corrected chi connectivity index (χ0v) is 10.2. The van der Waals surface area contributed by atoms with Crippen molar-refractivity contribution in [2.75, 3.05) is 0 Å². The Bertz CT molecular complexity index is 535. The maximum atomic E-state index is 12.0. The van der Waals surface area contributed by atoms with Crippen molar-refractivity contribution in [2.24, 2.45) is 0 Å². The third-order valence-electron chi connectivity index (χ3n) is 2.11. The molecule has 0 radical (unpaired) electrons. The molecule has 2 aromatic rings. The van der Waals surface area contributed by atoms with Crippen LogP contribution in [0.25, 0.3) is 0 Å². The molecule has 0 aromatic heterocycles. The maximum Gasteiger partial charge on any atom is 0.573 e. The Morgan fingerprint density at radius 3 is 1.63 bits per heavy atom. The second kappa shape index (κ2) is 5.40. The van der Waals surface area contributed by atoms with E-state index in [1.165, 1.54) is 24.3 Å². The van der Waals surface area contributed by atoms with Gasteiger partial charge >= 0.3 is 6.36 Å². The van der Waals surface area contributed by atoms with Gasteiger partial charge in [-0.1, -0.05) is 11.6 Å². The number of hydrogen-bond acceptors (Lipinski definition) is 2. The van der Waals surface area contributed by atoms with Gasteiger partial charge in [0.15, 0.2) is 0 Å². The molecule has 2 rings (SSSR count). The van der Waals surface area contributed by atoms with Gasteiger partial charge in [-0.2, -0.15) is 0 Å². The van der Waals surface area contributed by atoms with Crippen LogP contribution in [0, 0.1) is 0 Å². The summed E-state index contributed by atoms with van der Waals surface area (Å²) in [5.41, 5.74) is 0. The van der Waals surface area contributed by atoms with Crippen LogP contribution in [0.5, 0.6) is 17.2 Å². The van der Waals surface area contributed by atoms with Crippen LogP contribution in [0.1, 0.15) is 0 Å². The van der Waals surface area contributed by atoms with Crippen molar-refractivity contribution >= 4 is 11.6 Å². The Balaban J connectivity index is 2.04. The zero-order chi connectivity index (χ0) is 13.9. The van der Waals surface area contributed by atoms with Gasteiger partial charge in [-0.15, -0.1) is 13.2 Å². The SMILES string of the molecule is FC(F)(F)Oc1ccc(Oc2ccc(Cl)cc2)cc1. The van der Waals surface area contributed by atoms with Gasteiger partial charge in [-0.3, -0.25) is 0 Å². The lowest BCUT2D eigenvalue weighted by atomic mass is 10.3. The quantitative estimate of drug-likeness (QED) is 0.788. The molecule has 0 fully saturated rings. The Kier molecular flexibility index (Phi) is 3.85. The number of hydrogen-bond donors (Lipinski definition) is 0. The predicted octanol–water partition coefficient (Wildman–Crippen LogP) is 5.03. The molecule has 100 valence electrons. The molecule has 0 heterocycles. The Labute approximate surface area is 112 Å². The van der Waals surface area contributed by atoms with Gasteiger partial charge in [0.05, 0.1) is 0 Å². The summed E-state index contributed by atoms with van der Waals surface area (Å²) in [4.78, 5) is 0. The number of halogens is 4. The smallest absolute Gasteiger partial charge is 0.457 e. The Hall–Kier alpha value is -1.88. The number of benzene rings is 2. The van der Waals surface area contributed by atoms with Crippen molar-refractivity contribution in [1.82, 2.24) is 0 Å². The number of rotatable bonds is 3. The van der Waals surface area contributed by atoms with Gasteiger partial charge in [0.1, 0.15) is 17.2 Å². The summed E-state index contributed by atoms with van der Waals surface area (Å²) < 4.78 is 45.1. The van der Waals surface area contributed by atoms with Gasteiger partial charge in [0.25, 0.3) is 0 Å². The molecular formula is C13H8ClF3O2. The molecule has 0 spiro atoms. The number of ether oxygens (including phenoxy) is 2. The van der Waals surface area contributed by atoms with Gasteiger partial charge in [-0.05, 0) is 48.5 Å². The molecule has 0 unspecified atom stereocenters. The molecule has 0 amide bonds. The highest BCUT2D eigenvalue weighted by Crippen LogP contribution is 2.27. The van der Waals surface area contributed by atoms with Crippen LogP contribution in [-0.2, 0) is 0 Å². The standard InChI is InChI=1S/C13H8ClF3O2/c14-9-1-3-10(4-2-9)18-11-5-7-12(8-6-11)19-13(15,16)17/h1-8H. The molecule has 6 heteroatoms. The molecule has 0 atom stereocenters. The average Bonchev–Trinajstić information content (AvgIpc) is 2.33. The topological polar surface area (TPSA) is 18.5 Å². The van der Waals surface area contributed by atoms with Crippen LogP contribution in [0.15, 0.2) is 48.5 Å². The summed E-state index contributed by atoms with van der Waals surface area (Å²) in [7, 11) is 0. The Morgan fingerprint density at radius 1 is 0.737 bits per heavy atom. The average molecular weight is 289 g/mol. The predicted molar refractivity (Wildman–Crippen MR) is 64.7 cm³/mol. The van der Waals surface area contributed by atoms with Gasteiger partial charge in [0.2, 0.25) is 0 Å². The molecule has 0 bridgehead atoms. The summed E-state index contributed by atoms with van der Waals surface area (Å²) in [6.45, 7) is 0. The summed E-state index contributed by atoms with van der Waals surface area (Å²) in [6, 6.07) is 11.7. The van der Waals surface area contributed by atoms with Gasteiger partial charge < -0.3 is 9.47 Å². The molecule has 2 aromatic carbocycles. The lowest BCUT2D eigenvalue weighted by molar-refractivity contribution is -0.274. The fourth-order valence-corrected chi connectivity index (χ4v) is 1.47. The first kappa shape index (κ1) is 13.5. The first-order chi connectivity index (χ1) is 8.92. The van der Waals surface area contributed by atoms with E-state index in [9.17, 15) is 13.2 Å². The van der Waals surface area contributed by atoms with Crippen LogP contribution in [0.3, 0.4) is 0 Å². The van der Waals surface area contributed by atoms with E-state index in [-0.39, 0.29) is 5.75 Å². The van der Waals surface area contributed by atoms with E-state index in [0.717, 1.165) is 0 Å². The zero-order valence-electron chi connectivity index (χ0n) is 9.45. The maximum absolute atomic E-state index is 12.0. The van der Waals surface area contributed by atoms with Crippen molar-refractivity contribution < 1.29 is 22.6 Å². The summed E-state index contributed by atoms with van der Waals surface area (Å²) in [5, 5.41) is 0.571. The monoisotopic (exact) mass is 288 g/mol. The first-order valence-corrected chi connectivity index (χ1v) is 5.59. The molecule has 0 saturated heterocycles. The second-order valence-electron chi connectivity index (χ2n) is 3.58. The highest BCUT2D eigenvalue weighted by atomic mass is 35.5. The molecule has 0 N–H and O–H groups in total. The van der Waals surface area contributed by atoms with Gasteiger partial charge in [-0.25, -0.2) is 0 Å².